The van der Waals surface area contributed by atoms with E-state index < -0.39 is 4.92 Å². The van der Waals surface area contributed by atoms with Crippen molar-refractivity contribution >= 4 is 34.6 Å². The van der Waals surface area contributed by atoms with Crippen LogP contribution in [-0.4, -0.2) is 27.5 Å². The van der Waals surface area contributed by atoms with Crippen LogP contribution in [0.4, 0.5) is 23.0 Å². The Morgan fingerprint density at radius 1 is 1.13 bits per heavy atom. The van der Waals surface area contributed by atoms with Crippen LogP contribution in [0.1, 0.15) is 38.5 Å². The summed E-state index contributed by atoms with van der Waals surface area (Å²) in [4.78, 5) is 20.0. The normalized spacial score (nSPS) is 28.9. The van der Waals surface area contributed by atoms with Crippen LogP contribution in [0.5, 0.6) is 5.75 Å². The summed E-state index contributed by atoms with van der Waals surface area (Å²) in [5.74, 6) is 3.07. The topological polar surface area (TPSA) is 102 Å². The maximum Gasteiger partial charge on any atom is 0.353 e. The summed E-state index contributed by atoms with van der Waals surface area (Å²) >= 11 is 6.10. The fourth-order valence-electron chi connectivity index (χ4n) is 6.16. The lowest BCUT2D eigenvalue weighted by molar-refractivity contribution is -0.383. The van der Waals surface area contributed by atoms with E-state index in [1.807, 2.05) is 0 Å². The van der Waals surface area contributed by atoms with Gasteiger partial charge in [0.15, 0.2) is 0 Å². The molecular formula is C21H24ClN5O3. The average molecular weight is 430 g/mol. The molecule has 0 radical (unpaired) electrons. The Morgan fingerprint density at radius 3 is 2.37 bits per heavy atom. The fraction of sp³-hybridized carbons (Fsp3) is 0.524. The third-order valence-corrected chi connectivity index (χ3v) is 7.08. The van der Waals surface area contributed by atoms with Gasteiger partial charge in [-0.2, -0.15) is 0 Å². The van der Waals surface area contributed by atoms with Gasteiger partial charge in [-0.05, 0) is 74.5 Å². The number of anilines is 3. The van der Waals surface area contributed by atoms with Crippen LogP contribution in [0.3, 0.4) is 0 Å². The highest BCUT2D eigenvalue weighted by atomic mass is 35.5. The third kappa shape index (κ3) is 3.43. The van der Waals surface area contributed by atoms with E-state index in [1.165, 1.54) is 32.7 Å². The van der Waals surface area contributed by atoms with Gasteiger partial charge in [0.2, 0.25) is 11.6 Å². The summed E-state index contributed by atoms with van der Waals surface area (Å²) in [6.07, 6.45) is 8.44. The predicted molar refractivity (Wildman–Crippen MR) is 114 cm³/mol. The Labute approximate surface area is 179 Å². The van der Waals surface area contributed by atoms with Crippen LogP contribution < -0.4 is 15.4 Å². The Kier molecular flexibility index (Phi) is 4.69. The first-order valence-corrected chi connectivity index (χ1v) is 10.7. The lowest BCUT2D eigenvalue weighted by Crippen LogP contribution is -2.55. The lowest BCUT2D eigenvalue weighted by Gasteiger charge is -2.57. The first-order chi connectivity index (χ1) is 14.4. The quantitative estimate of drug-likeness (QED) is 0.482. The molecule has 2 aromatic rings. The molecule has 1 heterocycles. The number of benzene rings is 1. The maximum atomic E-state index is 12.0. The number of halogens is 1. The number of methoxy groups -OCH3 is 1. The molecule has 30 heavy (non-hydrogen) atoms. The molecule has 0 aliphatic heterocycles. The maximum absolute atomic E-state index is 12.0. The van der Waals surface area contributed by atoms with Gasteiger partial charge in [0.1, 0.15) is 12.1 Å². The van der Waals surface area contributed by atoms with Crippen molar-refractivity contribution in [2.24, 2.45) is 17.8 Å². The largest absolute Gasteiger partial charge is 0.495 e. The van der Waals surface area contributed by atoms with E-state index in [2.05, 4.69) is 20.6 Å². The minimum Gasteiger partial charge on any atom is -0.495 e. The Hall–Kier alpha value is -2.61. The first-order valence-electron chi connectivity index (χ1n) is 10.3. The van der Waals surface area contributed by atoms with Crippen LogP contribution in [0.15, 0.2) is 24.5 Å². The van der Waals surface area contributed by atoms with Gasteiger partial charge in [0, 0.05) is 10.6 Å². The zero-order chi connectivity index (χ0) is 20.9. The Bertz CT molecular complexity index is 963. The summed E-state index contributed by atoms with van der Waals surface area (Å²) in [5.41, 5.74) is 0.252. The smallest absolute Gasteiger partial charge is 0.353 e. The SMILES string of the molecule is COc1ccc(Cl)cc1Nc1ncnc(NC23CC4CC(CC(C4)C2)C3)c1[N+](=O)[O-]. The van der Waals surface area contributed by atoms with E-state index in [0.29, 0.717) is 16.5 Å². The highest BCUT2D eigenvalue weighted by molar-refractivity contribution is 6.31. The predicted octanol–water partition coefficient (Wildman–Crippen LogP) is 5.17. The van der Waals surface area contributed by atoms with Crippen LogP contribution in [0, 0.1) is 27.9 Å². The molecule has 4 saturated carbocycles. The number of nitro groups is 1. The molecule has 0 unspecified atom stereocenters. The number of hydrogen-bond acceptors (Lipinski definition) is 7. The van der Waals surface area contributed by atoms with E-state index in [-0.39, 0.29) is 22.9 Å². The van der Waals surface area contributed by atoms with Crippen molar-refractivity contribution in [2.45, 2.75) is 44.1 Å². The molecule has 2 N–H and O–H groups in total. The second-order valence-corrected chi connectivity index (χ2v) is 9.41. The van der Waals surface area contributed by atoms with Crippen LogP contribution in [0.2, 0.25) is 5.02 Å². The van der Waals surface area contributed by atoms with Gasteiger partial charge in [0.25, 0.3) is 0 Å². The van der Waals surface area contributed by atoms with E-state index in [4.69, 9.17) is 16.3 Å². The summed E-state index contributed by atoms with van der Waals surface area (Å²) in [7, 11) is 1.53. The minimum atomic E-state index is -0.428. The second-order valence-electron chi connectivity index (χ2n) is 8.97. The summed E-state index contributed by atoms with van der Waals surface area (Å²) in [5, 5.41) is 19.0. The molecule has 0 saturated heterocycles. The Morgan fingerprint density at radius 2 is 1.77 bits per heavy atom. The Balaban J connectivity index is 1.49. The molecule has 0 amide bonds. The van der Waals surface area contributed by atoms with E-state index in [1.54, 1.807) is 18.2 Å². The number of hydrogen-bond donors (Lipinski definition) is 2. The standard InChI is InChI=1S/C21H24ClN5O3/c1-30-17-3-2-15(22)7-16(17)25-19-18(27(28)29)20(24-11-23-19)26-21-8-12-4-13(9-21)6-14(5-12)10-21/h2-3,7,11-14H,4-6,8-10H2,1H3,(H2,23,24,25,26). The van der Waals surface area contributed by atoms with Crippen molar-refractivity contribution in [3.63, 3.8) is 0 Å². The summed E-state index contributed by atoms with van der Waals surface area (Å²) in [6, 6.07) is 5.05. The molecule has 4 aliphatic rings. The van der Waals surface area contributed by atoms with Crippen molar-refractivity contribution in [1.82, 2.24) is 9.97 Å². The molecule has 158 valence electrons. The molecule has 6 rings (SSSR count). The third-order valence-electron chi connectivity index (χ3n) is 6.84. The van der Waals surface area contributed by atoms with Crippen molar-refractivity contribution in [3.05, 3.63) is 39.7 Å². The zero-order valence-electron chi connectivity index (χ0n) is 16.7. The summed E-state index contributed by atoms with van der Waals surface area (Å²) < 4.78 is 5.34. The molecule has 1 aromatic heterocycles. The van der Waals surface area contributed by atoms with Crippen LogP contribution >= 0.6 is 11.6 Å². The molecule has 4 bridgehead atoms. The second kappa shape index (κ2) is 7.27. The fourth-order valence-corrected chi connectivity index (χ4v) is 6.33. The number of rotatable bonds is 6. The van der Waals surface area contributed by atoms with Crippen molar-refractivity contribution < 1.29 is 9.66 Å². The molecule has 0 spiro atoms. The van der Waals surface area contributed by atoms with E-state index in [0.717, 1.165) is 37.0 Å². The van der Waals surface area contributed by atoms with Crippen molar-refractivity contribution in [1.29, 1.82) is 0 Å². The highest BCUT2D eigenvalue weighted by Gasteiger charge is 2.51. The van der Waals surface area contributed by atoms with E-state index >= 15 is 0 Å². The van der Waals surface area contributed by atoms with Crippen LogP contribution in [0.25, 0.3) is 0 Å². The molecule has 9 heteroatoms. The van der Waals surface area contributed by atoms with Gasteiger partial charge in [-0.25, -0.2) is 9.97 Å². The average Bonchev–Trinajstić information content (AvgIpc) is 2.66. The number of ether oxygens (including phenoxy) is 1. The number of nitrogens with one attached hydrogen (secondary N) is 2. The van der Waals surface area contributed by atoms with Gasteiger partial charge >= 0.3 is 5.69 Å². The first kappa shape index (κ1) is 19.4. The van der Waals surface area contributed by atoms with Gasteiger partial charge < -0.3 is 15.4 Å². The summed E-state index contributed by atoms with van der Waals surface area (Å²) in [6.45, 7) is 0. The molecule has 0 atom stereocenters. The lowest BCUT2D eigenvalue weighted by atomic mass is 9.53. The van der Waals surface area contributed by atoms with Gasteiger partial charge in [-0.3, -0.25) is 10.1 Å². The molecule has 8 nitrogen and oxygen atoms in total. The molecule has 1 aromatic carbocycles. The van der Waals surface area contributed by atoms with Gasteiger partial charge in [0.05, 0.1) is 17.7 Å². The number of aromatic nitrogens is 2. The van der Waals surface area contributed by atoms with E-state index in [9.17, 15) is 10.1 Å². The zero-order valence-corrected chi connectivity index (χ0v) is 17.5. The minimum absolute atomic E-state index is 0.0983. The van der Waals surface area contributed by atoms with Gasteiger partial charge in [-0.15, -0.1) is 0 Å². The van der Waals surface area contributed by atoms with Crippen molar-refractivity contribution in [3.8, 4) is 5.75 Å². The number of nitrogens with zero attached hydrogens (tertiary/aromatic N) is 3. The monoisotopic (exact) mass is 429 g/mol. The van der Waals surface area contributed by atoms with Crippen LogP contribution in [-0.2, 0) is 0 Å². The highest BCUT2D eigenvalue weighted by Crippen LogP contribution is 2.57. The van der Waals surface area contributed by atoms with Crippen molar-refractivity contribution in [2.75, 3.05) is 17.7 Å². The molecule has 4 aliphatic carbocycles. The van der Waals surface area contributed by atoms with Gasteiger partial charge in [-0.1, -0.05) is 11.6 Å². The molecular weight excluding hydrogens is 406 g/mol. The molecule has 4 fully saturated rings.